The second kappa shape index (κ2) is 6.22. The molecular weight excluding hydrogens is 220 g/mol. The van der Waals surface area contributed by atoms with E-state index in [1.165, 1.54) is 16.7 Å². The zero-order valence-corrected chi connectivity index (χ0v) is 11.0. The van der Waals surface area contributed by atoms with Crippen molar-refractivity contribution >= 4 is 5.69 Å². The van der Waals surface area contributed by atoms with Gasteiger partial charge in [-0.05, 0) is 30.2 Å². The normalized spacial score (nSPS) is 10.3. The monoisotopic (exact) mass is 240 g/mol. The van der Waals surface area contributed by atoms with Crippen LogP contribution in [0.1, 0.15) is 16.7 Å². The van der Waals surface area contributed by atoms with Crippen LogP contribution < -0.4 is 10.6 Å². The number of anilines is 1. The number of benzene rings is 2. The summed E-state index contributed by atoms with van der Waals surface area (Å²) in [6.07, 6.45) is 0. The van der Waals surface area contributed by atoms with Crippen molar-refractivity contribution in [2.45, 2.75) is 20.0 Å². The van der Waals surface area contributed by atoms with E-state index in [1.807, 2.05) is 7.05 Å². The first kappa shape index (κ1) is 12.7. The van der Waals surface area contributed by atoms with Crippen molar-refractivity contribution < 1.29 is 0 Å². The Morgan fingerprint density at radius 3 is 2.28 bits per heavy atom. The highest BCUT2D eigenvalue weighted by atomic mass is 14.8. The highest BCUT2D eigenvalue weighted by molar-refractivity contribution is 5.43. The van der Waals surface area contributed by atoms with E-state index >= 15 is 0 Å². The predicted octanol–water partition coefficient (Wildman–Crippen LogP) is 3.33. The van der Waals surface area contributed by atoms with Crippen LogP contribution in [0.5, 0.6) is 0 Å². The van der Waals surface area contributed by atoms with Gasteiger partial charge in [0.1, 0.15) is 0 Å². The van der Waals surface area contributed by atoms with Crippen LogP contribution in [0.3, 0.4) is 0 Å². The largest absolute Gasteiger partial charge is 0.388 e. The van der Waals surface area contributed by atoms with Crippen LogP contribution in [0.4, 0.5) is 5.69 Å². The molecule has 0 aliphatic heterocycles. The molecule has 0 fully saturated rings. The van der Waals surface area contributed by atoms with E-state index in [4.69, 9.17) is 0 Å². The van der Waals surface area contributed by atoms with Gasteiger partial charge in [0.2, 0.25) is 0 Å². The van der Waals surface area contributed by atoms with Gasteiger partial charge < -0.3 is 10.6 Å². The Kier molecular flexibility index (Phi) is 4.37. The minimum absolute atomic E-state index is 0.901. The second-order valence-corrected chi connectivity index (χ2v) is 4.54. The van der Waals surface area contributed by atoms with Crippen molar-refractivity contribution in [1.82, 2.24) is 5.32 Å². The molecule has 0 saturated carbocycles. The molecule has 2 N–H and O–H groups in total. The van der Waals surface area contributed by atoms with Crippen molar-refractivity contribution in [3.63, 3.8) is 0 Å². The van der Waals surface area contributed by atoms with Crippen molar-refractivity contribution in [3.05, 3.63) is 65.2 Å². The van der Waals surface area contributed by atoms with Gasteiger partial charge in [0.25, 0.3) is 0 Å². The Hall–Kier alpha value is -1.80. The van der Waals surface area contributed by atoms with Crippen LogP contribution in [0, 0.1) is 6.92 Å². The third-order valence-corrected chi connectivity index (χ3v) is 2.98. The lowest BCUT2D eigenvalue weighted by atomic mass is 10.1. The molecule has 0 heterocycles. The predicted molar refractivity (Wildman–Crippen MR) is 77.7 cm³/mol. The van der Waals surface area contributed by atoms with Gasteiger partial charge in [-0.1, -0.05) is 42.0 Å². The standard InChI is InChI=1S/C16H20N2/c1-13-4-3-5-15(10-13)12-18-11-14-6-8-16(17-2)9-7-14/h3-10,17-18H,11-12H2,1-2H3. The van der Waals surface area contributed by atoms with Crippen LogP contribution in [-0.2, 0) is 13.1 Å². The van der Waals surface area contributed by atoms with Crippen LogP contribution in [0.15, 0.2) is 48.5 Å². The molecule has 0 aromatic heterocycles. The molecule has 2 aromatic carbocycles. The van der Waals surface area contributed by atoms with Crippen molar-refractivity contribution in [2.75, 3.05) is 12.4 Å². The maximum atomic E-state index is 3.46. The quantitative estimate of drug-likeness (QED) is 0.837. The van der Waals surface area contributed by atoms with Crippen LogP contribution in [-0.4, -0.2) is 7.05 Å². The van der Waals surface area contributed by atoms with Gasteiger partial charge in [0.05, 0.1) is 0 Å². The van der Waals surface area contributed by atoms with Gasteiger partial charge in [-0.25, -0.2) is 0 Å². The summed E-state index contributed by atoms with van der Waals surface area (Å²) in [6.45, 7) is 3.94. The zero-order chi connectivity index (χ0) is 12.8. The molecule has 2 heteroatoms. The fourth-order valence-electron chi connectivity index (χ4n) is 1.96. The first-order valence-corrected chi connectivity index (χ1v) is 6.31. The van der Waals surface area contributed by atoms with Crippen LogP contribution in [0.25, 0.3) is 0 Å². The van der Waals surface area contributed by atoms with Gasteiger partial charge in [-0.15, -0.1) is 0 Å². The Morgan fingerprint density at radius 2 is 1.61 bits per heavy atom. The van der Waals surface area contributed by atoms with Crippen LogP contribution >= 0.6 is 0 Å². The van der Waals surface area contributed by atoms with Crippen LogP contribution in [0.2, 0.25) is 0 Å². The fraction of sp³-hybridized carbons (Fsp3) is 0.250. The number of aryl methyl sites for hydroxylation is 1. The first-order chi connectivity index (χ1) is 8.78. The molecule has 0 spiro atoms. The summed E-state index contributed by atoms with van der Waals surface area (Å²) in [5, 5.41) is 6.58. The highest BCUT2D eigenvalue weighted by Crippen LogP contribution is 2.09. The maximum absolute atomic E-state index is 3.46. The molecule has 0 saturated heterocycles. The topological polar surface area (TPSA) is 24.1 Å². The number of nitrogens with one attached hydrogen (secondary N) is 2. The number of rotatable bonds is 5. The summed E-state index contributed by atoms with van der Waals surface area (Å²) in [5.41, 5.74) is 5.11. The van der Waals surface area contributed by atoms with Gasteiger partial charge in [0.15, 0.2) is 0 Å². The number of hydrogen-bond acceptors (Lipinski definition) is 2. The summed E-state index contributed by atoms with van der Waals surface area (Å²) in [5.74, 6) is 0. The third kappa shape index (κ3) is 3.60. The first-order valence-electron chi connectivity index (χ1n) is 6.31. The summed E-state index contributed by atoms with van der Waals surface area (Å²) < 4.78 is 0. The van der Waals surface area contributed by atoms with E-state index in [-0.39, 0.29) is 0 Å². The smallest absolute Gasteiger partial charge is 0.0337 e. The molecule has 2 nitrogen and oxygen atoms in total. The van der Waals surface area contributed by atoms with E-state index in [0.717, 1.165) is 18.8 Å². The number of hydrogen-bond donors (Lipinski definition) is 2. The molecule has 0 aliphatic carbocycles. The van der Waals surface area contributed by atoms with Gasteiger partial charge in [0, 0.05) is 25.8 Å². The minimum Gasteiger partial charge on any atom is -0.388 e. The molecule has 0 aliphatic rings. The zero-order valence-electron chi connectivity index (χ0n) is 11.0. The highest BCUT2D eigenvalue weighted by Gasteiger charge is 1.95. The molecule has 0 amide bonds. The summed E-state index contributed by atoms with van der Waals surface area (Å²) >= 11 is 0. The van der Waals surface area contributed by atoms with E-state index in [2.05, 4.69) is 66.1 Å². The lowest BCUT2D eigenvalue weighted by Crippen LogP contribution is -2.12. The summed E-state index contributed by atoms with van der Waals surface area (Å²) in [4.78, 5) is 0. The molecular formula is C16H20N2. The molecule has 0 radical (unpaired) electrons. The van der Waals surface area contributed by atoms with E-state index < -0.39 is 0 Å². The lowest BCUT2D eigenvalue weighted by molar-refractivity contribution is 0.693. The minimum atomic E-state index is 0.901. The van der Waals surface area contributed by atoms with E-state index in [1.54, 1.807) is 0 Å². The van der Waals surface area contributed by atoms with Gasteiger partial charge >= 0.3 is 0 Å². The van der Waals surface area contributed by atoms with E-state index in [9.17, 15) is 0 Å². The Bertz CT molecular complexity index is 489. The Labute approximate surface area is 109 Å². The van der Waals surface area contributed by atoms with Crippen molar-refractivity contribution in [1.29, 1.82) is 0 Å². The second-order valence-electron chi connectivity index (χ2n) is 4.54. The molecule has 0 bridgehead atoms. The third-order valence-electron chi connectivity index (χ3n) is 2.98. The summed E-state index contributed by atoms with van der Waals surface area (Å²) in [7, 11) is 1.94. The molecule has 0 unspecified atom stereocenters. The maximum Gasteiger partial charge on any atom is 0.0337 e. The van der Waals surface area contributed by atoms with E-state index in [0.29, 0.717) is 0 Å². The van der Waals surface area contributed by atoms with Gasteiger partial charge in [-0.3, -0.25) is 0 Å². The van der Waals surface area contributed by atoms with Crippen molar-refractivity contribution in [3.8, 4) is 0 Å². The molecule has 2 rings (SSSR count). The Morgan fingerprint density at radius 1 is 0.889 bits per heavy atom. The molecule has 94 valence electrons. The van der Waals surface area contributed by atoms with Gasteiger partial charge in [-0.2, -0.15) is 0 Å². The fourth-order valence-corrected chi connectivity index (χ4v) is 1.96. The SMILES string of the molecule is CNc1ccc(CNCc2cccc(C)c2)cc1. The average Bonchev–Trinajstić information content (AvgIpc) is 2.40. The Balaban J connectivity index is 1.84. The average molecular weight is 240 g/mol. The molecule has 18 heavy (non-hydrogen) atoms. The molecule has 2 aromatic rings. The summed E-state index contributed by atoms with van der Waals surface area (Å²) in [6, 6.07) is 17.1. The lowest BCUT2D eigenvalue weighted by Gasteiger charge is -2.07. The molecule has 0 atom stereocenters. The van der Waals surface area contributed by atoms with Crippen molar-refractivity contribution in [2.24, 2.45) is 0 Å².